The highest BCUT2D eigenvalue weighted by molar-refractivity contribution is 6.01. The van der Waals surface area contributed by atoms with Crippen LogP contribution in [0, 0.1) is 6.92 Å². The van der Waals surface area contributed by atoms with E-state index in [1.54, 1.807) is 18.3 Å². The van der Waals surface area contributed by atoms with Crippen LogP contribution in [0.2, 0.25) is 0 Å². The predicted molar refractivity (Wildman–Crippen MR) is 67.4 cm³/mol. The number of carbonyl (C=O) groups excluding carboxylic acids is 1. The highest BCUT2D eigenvalue weighted by atomic mass is 16.1. The standard InChI is InChI=1S/C13H13N3O/c1-10-3-2-4-11(9-10)5-6-13(17)15-12-7-8-14-16-12/h2-9H,1H3,(H2,14,15,16,17). The molecule has 4 nitrogen and oxygen atoms in total. The third-order valence-corrected chi connectivity index (χ3v) is 2.23. The summed E-state index contributed by atoms with van der Waals surface area (Å²) in [6.07, 6.45) is 4.86. The van der Waals surface area contributed by atoms with Gasteiger partial charge in [0.1, 0.15) is 5.82 Å². The number of amides is 1. The van der Waals surface area contributed by atoms with Crippen LogP contribution < -0.4 is 5.32 Å². The average molecular weight is 227 g/mol. The topological polar surface area (TPSA) is 57.8 Å². The maximum Gasteiger partial charge on any atom is 0.249 e. The molecule has 0 saturated heterocycles. The zero-order chi connectivity index (χ0) is 12.1. The maximum atomic E-state index is 11.5. The minimum atomic E-state index is -0.184. The Morgan fingerprint density at radius 2 is 2.29 bits per heavy atom. The first-order chi connectivity index (χ1) is 8.24. The van der Waals surface area contributed by atoms with Crippen molar-refractivity contribution in [2.24, 2.45) is 0 Å². The molecule has 2 rings (SSSR count). The summed E-state index contributed by atoms with van der Waals surface area (Å²) in [5.74, 6) is 0.402. The molecule has 0 saturated carbocycles. The smallest absolute Gasteiger partial charge is 0.249 e. The Morgan fingerprint density at radius 3 is 3.00 bits per heavy atom. The summed E-state index contributed by atoms with van der Waals surface area (Å²) in [5, 5.41) is 9.06. The van der Waals surface area contributed by atoms with Crippen molar-refractivity contribution in [1.82, 2.24) is 10.2 Å². The molecule has 2 N–H and O–H groups in total. The minimum absolute atomic E-state index is 0.184. The number of hydrogen-bond donors (Lipinski definition) is 2. The molecule has 0 bridgehead atoms. The second-order valence-electron chi connectivity index (χ2n) is 3.71. The van der Waals surface area contributed by atoms with Crippen molar-refractivity contribution >= 4 is 17.8 Å². The Morgan fingerprint density at radius 1 is 1.41 bits per heavy atom. The van der Waals surface area contributed by atoms with Gasteiger partial charge in [0, 0.05) is 12.1 Å². The van der Waals surface area contributed by atoms with Crippen LogP contribution in [0.3, 0.4) is 0 Å². The van der Waals surface area contributed by atoms with Gasteiger partial charge in [-0.3, -0.25) is 9.89 Å². The van der Waals surface area contributed by atoms with Gasteiger partial charge < -0.3 is 5.32 Å². The summed E-state index contributed by atoms with van der Waals surface area (Å²) in [6.45, 7) is 2.02. The van der Waals surface area contributed by atoms with E-state index < -0.39 is 0 Å². The molecule has 0 aliphatic heterocycles. The third kappa shape index (κ3) is 3.31. The summed E-state index contributed by atoms with van der Waals surface area (Å²) in [6, 6.07) is 9.63. The Balaban J connectivity index is 1.99. The second kappa shape index (κ2) is 5.12. The van der Waals surface area contributed by atoms with E-state index in [0.717, 1.165) is 5.56 Å². The Hall–Kier alpha value is -2.36. The molecule has 0 aliphatic rings. The van der Waals surface area contributed by atoms with E-state index in [0.29, 0.717) is 5.82 Å². The van der Waals surface area contributed by atoms with Gasteiger partial charge in [0.2, 0.25) is 5.91 Å². The van der Waals surface area contributed by atoms with Crippen molar-refractivity contribution < 1.29 is 4.79 Å². The number of carbonyl (C=O) groups is 1. The zero-order valence-electron chi connectivity index (χ0n) is 9.47. The summed E-state index contributed by atoms with van der Waals surface area (Å²) < 4.78 is 0. The average Bonchev–Trinajstić information content (AvgIpc) is 2.79. The fraction of sp³-hybridized carbons (Fsp3) is 0.0769. The monoisotopic (exact) mass is 227 g/mol. The lowest BCUT2D eigenvalue weighted by Gasteiger charge is -1.97. The fourth-order valence-electron chi connectivity index (χ4n) is 1.45. The normalized spacial score (nSPS) is 10.6. The zero-order valence-corrected chi connectivity index (χ0v) is 9.47. The van der Waals surface area contributed by atoms with Crippen LogP contribution in [0.4, 0.5) is 5.82 Å². The van der Waals surface area contributed by atoms with Crippen LogP contribution in [0.15, 0.2) is 42.6 Å². The van der Waals surface area contributed by atoms with Gasteiger partial charge in [-0.2, -0.15) is 5.10 Å². The number of H-pyrrole nitrogens is 1. The van der Waals surface area contributed by atoms with E-state index in [1.165, 1.54) is 11.6 Å². The van der Waals surface area contributed by atoms with Crippen molar-refractivity contribution in [3.63, 3.8) is 0 Å². The van der Waals surface area contributed by atoms with Gasteiger partial charge in [0.15, 0.2) is 0 Å². The van der Waals surface area contributed by atoms with Crippen molar-refractivity contribution in [3.8, 4) is 0 Å². The Bertz CT molecular complexity index is 529. The molecule has 2 aromatic rings. The van der Waals surface area contributed by atoms with E-state index in [9.17, 15) is 4.79 Å². The highest BCUT2D eigenvalue weighted by Crippen LogP contribution is 2.06. The van der Waals surface area contributed by atoms with E-state index in [-0.39, 0.29) is 5.91 Å². The van der Waals surface area contributed by atoms with E-state index in [1.807, 2.05) is 31.2 Å². The van der Waals surface area contributed by atoms with Gasteiger partial charge >= 0.3 is 0 Å². The molecule has 1 amide bonds. The number of rotatable bonds is 3. The molecule has 0 fully saturated rings. The van der Waals surface area contributed by atoms with Gasteiger partial charge in [-0.25, -0.2) is 0 Å². The molecule has 0 aliphatic carbocycles. The largest absolute Gasteiger partial charge is 0.307 e. The van der Waals surface area contributed by atoms with Gasteiger partial charge in [-0.1, -0.05) is 29.8 Å². The quantitative estimate of drug-likeness (QED) is 0.791. The number of aryl methyl sites for hydroxylation is 1. The Kier molecular flexibility index (Phi) is 3.35. The SMILES string of the molecule is Cc1cccc(C=CC(=O)Nc2ccn[nH]2)c1. The number of aromatic nitrogens is 2. The number of hydrogen-bond acceptors (Lipinski definition) is 2. The second-order valence-corrected chi connectivity index (χ2v) is 3.71. The van der Waals surface area contributed by atoms with Gasteiger partial charge in [0.25, 0.3) is 0 Å². The van der Waals surface area contributed by atoms with Crippen molar-refractivity contribution in [2.75, 3.05) is 5.32 Å². The third-order valence-electron chi connectivity index (χ3n) is 2.23. The molecular formula is C13H13N3O. The van der Waals surface area contributed by atoms with Crippen LogP contribution in [-0.2, 0) is 4.79 Å². The molecule has 0 atom stereocenters. The lowest BCUT2D eigenvalue weighted by molar-refractivity contribution is -0.111. The first kappa shape index (κ1) is 11.1. The van der Waals surface area contributed by atoms with E-state index >= 15 is 0 Å². The summed E-state index contributed by atoms with van der Waals surface area (Å²) >= 11 is 0. The van der Waals surface area contributed by atoms with Crippen molar-refractivity contribution in [1.29, 1.82) is 0 Å². The Labute approximate surface area is 99.4 Å². The molecule has 0 spiro atoms. The van der Waals surface area contributed by atoms with Gasteiger partial charge in [0.05, 0.1) is 6.20 Å². The van der Waals surface area contributed by atoms with Gasteiger partial charge in [-0.15, -0.1) is 0 Å². The van der Waals surface area contributed by atoms with Crippen LogP contribution >= 0.6 is 0 Å². The molecular weight excluding hydrogens is 214 g/mol. The molecule has 1 aromatic heterocycles. The van der Waals surface area contributed by atoms with E-state index in [2.05, 4.69) is 15.5 Å². The van der Waals surface area contributed by atoms with Crippen LogP contribution in [0.5, 0.6) is 0 Å². The highest BCUT2D eigenvalue weighted by Gasteiger charge is 1.97. The predicted octanol–water partition coefficient (Wildman–Crippen LogP) is 2.37. The van der Waals surface area contributed by atoms with E-state index in [4.69, 9.17) is 0 Å². The molecule has 0 radical (unpaired) electrons. The van der Waals surface area contributed by atoms with Crippen LogP contribution in [0.1, 0.15) is 11.1 Å². The number of aromatic amines is 1. The number of benzene rings is 1. The van der Waals surface area contributed by atoms with Crippen molar-refractivity contribution in [2.45, 2.75) is 6.92 Å². The molecule has 1 aromatic carbocycles. The first-order valence-electron chi connectivity index (χ1n) is 5.29. The van der Waals surface area contributed by atoms with Crippen molar-refractivity contribution in [3.05, 3.63) is 53.7 Å². The summed E-state index contributed by atoms with van der Waals surface area (Å²) in [5.41, 5.74) is 2.17. The number of nitrogens with zero attached hydrogens (tertiary/aromatic N) is 1. The molecule has 17 heavy (non-hydrogen) atoms. The molecule has 0 unspecified atom stereocenters. The van der Waals surface area contributed by atoms with Crippen LogP contribution in [0.25, 0.3) is 6.08 Å². The van der Waals surface area contributed by atoms with Gasteiger partial charge in [-0.05, 0) is 18.6 Å². The number of anilines is 1. The minimum Gasteiger partial charge on any atom is -0.307 e. The maximum absolute atomic E-state index is 11.5. The fourth-order valence-corrected chi connectivity index (χ4v) is 1.45. The van der Waals surface area contributed by atoms with Crippen LogP contribution in [-0.4, -0.2) is 16.1 Å². The number of nitrogens with one attached hydrogen (secondary N) is 2. The molecule has 86 valence electrons. The molecule has 1 heterocycles. The lowest BCUT2D eigenvalue weighted by atomic mass is 10.1. The first-order valence-corrected chi connectivity index (χ1v) is 5.29. The summed E-state index contributed by atoms with van der Waals surface area (Å²) in [7, 11) is 0. The lowest BCUT2D eigenvalue weighted by Crippen LogP contribution is -2.07. The molecule has 4 heteroatoms. The summed E-state index contributed by atoms with van der Waals surface area (Å²) in [4.78, 5) is 11.5.